The number of primary amides is 1. The fraction of sp³-hybridized carbons (Fsp3) is 0.200. The van der Waals surface area contributed by atoms with Gasteiger partial charge >= 0.3 is 6.18 Å². The molecule has 33 heavy (non-hydrogen) atoms. The first-order chi connectivity index (χ1) is 15.5. The van der Waals surface area contributed by atoms with Crippen molar-refractivity contribution in [3.63, 3.8) is 0 Å². The molecule has 8 nitrogen and oxygen atoms in total. The van der Waals surface area contributed by atoms with Gasteiger partial charge in [0, 0.05) is 6.42 Å². The molecule has 0 saturated carbocycles. The Morgan fingerprint density at radius 1 is 1.21 bits per heavy atom. The molecule has 0 spiro atoms. The highest BCUT2D eigenvalue weighted by atomic mass is 19.4. The lowest BCUT2D eigenvalue weighted by Gasteiger charge is -2.15. The highest BCUT2D eigenvalue weighted by Crippen LogP contribution is 2.33. The second-order valence-corrected chi connectivity index (χ2v) is 7.35. The molecule has 13 heteroatoms. The number of pyridine rings is 1. The number of carbonyl (C=O) groups is 1. The van der Waals surface area contributed by atoms with Gasteiger partial charge < -0.3 is 15.9 Å². The fourth-order valence-corrected chi connectivity index (χ4v) is 3.05. The molecule has 1 unspecified atom stereocenters. The van der Waals surface area contributed by atoms with Crippen LogP contribution in [-0.2, 0) is 15.8 Å². The maximum absolute atomic E-state index is 13.8. The number of rotatable bonds is 5. The van der Waals surface area contributed by atoms with Crippen LogP contribution in [0.25, 0.3) is 5.82 Å². The summed E-state index contributed by atoms with van der Waals surface area (Å²) in [6, 6.07) is 6.51. The number of aromatic nitrogens is 3. The highest BCUT2D eigenvalue weighted by Gasteiger charge is 2.43. The van der Waals surface area contributed by atoms with Crippen LogP contribution in [0.1, 0.15) is 24.7 Å². The largest absolute Gasteiger partial charge is 0.433 e. The Morgan fingerprint density at radius 3 is 2.45 bits per heavy atom. The number of carbonyl (C=O) groups excluding carboxylic acids is 1. The molecule has 1 atom stereocenters. The maximum Gasteiger partial charge on any atom is 0.433 e. The van der Waals surface area contributed by atoms with Gasteiger partial charge in [0.2, 0.25) is 5.60 Å². The first-order valence-corrected chi connectivity index (χ1v) is 9.38. The van der Waals surface area contributed by atoms with Crippen LogP contribution in [0, 0.1) is 11.6 Å². The van der Waals surface area contributed by atoms with Crippen molar-refractivity contribution in [2.24, 2.45) is 10.9 Å². The summed E-state index contributed by atoms with van der Waals surface area (Å²) in [6.07, 6.45) is -3.86. The second-order valence-electron chi connectivity index (χ2n) is 7.35. The molecule has 3 heterocycles. The lowest BCUT2D eigenvalue weighted by molar-refractivity contribution is -0.143. The number of alkyl halides is 3. The molecular formula is C20H15F5N6O2. The third-order valence-electron chi connectivity index (χ3n) is 4.88. The average molecular weight is 466 g/mol. The molecule has 172 valence electrons. The smallest absolute Gasteiger partial charge is 0.379 e. The van der Waals surface area contributed by atoms with Crippen molar-refractivity contribution < 1.29 is 31.6 Å². The van der Waals surface area contributed by atoms with Gasteiger partial charge in [0.1, 0.15) is 28.7 Å². The number of nitrogens with two attached hydrogens (primary N) is 1. The number of anilines is 2. The summed E-state index contributed by atoms with van der Waals surface area (Å²) < 4.78 is 69.1. The standard InChI is InChI=1S/C20H15F5N6O2/c1-19(18(26)32)8-14(30-33-19)13-7-15(20(23,24)25)31(29-13)16-6-5-10(9-27-16)28-17-11(21)3-2-4-12(17)22/h2-7,9,28H,8H2,1H3,(H2,26,32). The van der Waals surface area contributed by atoms with E-state index in [2.05, 4.69) is 20.6 Å². The van der Waals surface area contributed by atoms with Gasteiger partial charge in [-0.3, -0.25) is 4.79 Å². The van der Waals surface area contributed by atoms with Crippen LogP contribution < -0.4 is 11.1 Å². The Labute approximate surface area is 182 Å². The van der Waals surface area contributed by atoms with E-state index in [1.165, 1.54) is 25.1 Å². The topological polar surface area (TPSA) is 107 Å². The molecule has 1 aliphatic rings. The van der Waals surface area contributed by atoms with Gasteiger partial charge in [0.05, 0.1) is 11.9 Å². The molecule has 1 aliphatic heterocycles. The van der Waals surface area contributed by atoms with Crippen molar-refractivity contribution in [2.45, 2.75) is 25.1 Å². The second kappa shape index (κ2) is 7.83. The quantitative estimate of drug-likeness (QED) is 0.558. The van der Waals surface area contributed by atoms with Gasteiger partial charge in [-0.25, -0.2) is 18.4 Å². The molecule has 0 fully saturated rings. The van der Waals surface area contributed by atoms with E-state index in [0.717, 1.165) is 24.4 Å². The zero-order valence-electron chi connectivity index (χ0n) is 16.8. The number of para-hydroxylation sites is 1. The first kappa shape index (κ1) is 22.2. The minimum Gasteiger partial charge on any atom is -0.379 e. The number of benzene rings is 1. The van der Waals surface area contributed by atoms with Crippen molar-refractivity contribution in [3.8, 4) is 5.82 Å². The van der Waals surface area contributed by atoms with E-state index in [1.54, 1.807) is 0 Å². The van der Waals surface area contributed by atoms with E-state index >= 15 is 0 Å². The van der Waals surface area contributed by atoms with E-state index in [4.69, 9.17) is 10.6 Å². The van der Waals surface area contributed by atoms with Crippen molar-refractivity contribution in [3.05, 3.63) is 65.6 Å². The van der Waals surface area contributed by atoms with Crippen molar-refractivity contribution in [1.82, 2.24) is 14.8 Å². The van der Waals surface area contributed by atoms with Gasteiger partial charge in [-0.2, -0.15) is 18.3 Å². The summed E-state index contributed by atoms with van der Waals surface area (Å²) in [6.45, 7) is 1.36. The van der Waals surface area contributed by atoms with Crippen molar-refractivity contribution in [2.75, 3.05) is 5.32 Å². The third-order valence-corrected chi connectivity index (χ3v) is 4.88. The molecule has 0 bridgehead atoms. The molecule has 4 rings (SSSR count). The molecule has 1 aromatic carbocycles. The lowest BCUT2D eigenvalue weighted by atomic mass is 9.98. The predicted molar refractivity (Wildman–Crippen MR) is 106 cm³/mol. The van der Waals surface area contributed by atoms with Crippen LogP contribution in [-0.4, -0.2) is 32.0 Å². The Hall–Kier alpha value is -4.03. The molecule has 0 radical (unpaired) electrons. The molecule has 0 saturated heterocycles. The SMILES string of the molecule is CC1(C(N)=O)CC(c2cc(C(F)(F)F)n(-c3ccc(Nc4c(F)cccc4F)cn3)n2)=NO1. The van der Waals surface area contributed by atoms with Crippen LogP contribution >= 0.6 is 0 Å². The number of hydrogen-bond acceptors (Lipinski definition) is 6. The Kier molecular flexibility index (Phi) is 5.26. The number of nitrogens with zero attached hydrogens (tertiary/aromatic N) is 4. The zero-order valence-corrected chi connectivity index (χ0v) is 16.8. The first-order valence-electron chi connectivity index (χ1n) is 9.38. The van der Waals surface area contributed by atoms with E-state index in [-0.39, 0.29) is 29.3 Å². The van der Waals surface area contributed by atoms with Gasteiger partial charge in [-0.1, -0.05) is 11.2 Å². The van der Waals surface area contributed by atoms with E-state index in [9.17, 15) is 26.7 Å². The fourth-order valence-electron chi connectivity index (χ4n) is 3.05. The summed E-state index contributed by atoms with van der Waals surface area (Å²) in [5.74, 6) is -2.74. The van der Waals surface area contributed by atoms with Crippen LogP contribution in [0.2, 0.25) is 0 Å². The van der Waals surface area contributed by atoms with Gasteiger partial charge in [-0.05, 0) is 37.3 Å². The van der Waals surface area contributed by atoms with E-state index in [1.807, 2.05) is 0 Å². The lowest BCUT2D eigenvalue weighted by Crippen LogP contribution is -2.41. The summed E-state index contributed by atoms with van der Waals surface area (Å²) in [7, 11) is 0. The monoisotopic (exact) mass is 466 g/mol. The normalized spacial score (nSPS) is 18.1. The van der Waals surface area contributed by atoms with Gasteiger partial charge in [-0.15, -0.1) is 0 Å². The summed E-state index contributed by atoms with van der Waals surface area (Å²) in [4.78, 5) is 20.4. The zero-order chi connectivity index (χ0) is 24.0. The Morgan fingerprint density at radius 2 is 1.91 bits per heavy atom. The molecule has 3 aromatic rings. The minimum absolute atomic E-state index is 0.00821. The highest BCUT2D eigenvalue weighted by molar-refractivity contribution is 6.04. The van der Waals surface area contributed by atoms with Crippen LogP contribution in [0.15, 0.2) is 47.8 Å². The summed E-state index contributed by atoms with van der Waals surface area (Å²) in [5, 5.41) is 10.1. The predicted octanol–water partition coefficient (Wildman–Crippen LogP) is 3.68. The number of oxime groups is 1. The van der Waals surface area contributed by atoms with E-state index in [0.29, 0.717) is 4.68 Å². The molecule has 3 N–H and O–H groups in total. The maximum atomic E-state index is 13.8. The summed E-state index contributed by atoms with van der Waals surface area (Å²) in [5.41, 5.74) is 2.14. The molecule has 1 amide bonds. The van der Waals surface area contributed by atoms with Gasteiger partial charge in [0.25, 0.3) is 5.91 Å². The number of nitrogens with one attached hydrogen (secondary N) is 1. The van der Waals surface area contributed by atoms with Crippen molar-refractivity contribution in [1.29, 1.82) is 0 Å². The Balaban J connectivity index is 1.65. The summed E-state index contributed by atoms with van der Waals surface area (Å²) >= 11 is 0. The van der Waals surface area contributed by atoms with Crippen LogP contribution in [0.3, 0.4) is 0 Å². The number of hydrogen-bond donors (Lipinski definition) is 2. The molecule has 0 aliphatic carbocycles. The average Bonchev–Trinajstić information content (AvgIpc) is 3.36. The van der Waals surface area contributed by atoms with Crippen molar-refractivity contribution >= 4 is 23.0 Å². The number of halogens is 5. The molecule has 2 aromatic heterocycles. The van der Waals surface area contributed by atoms with Gasteiger partial charge in [0.15, 0.2) is 11.5 Å². The number of amides is 1. The van der Waals surface area contributed by atoms with E-state index < -0.39 is 40.7 Å². The third kappa shape index (κ3) is 4.21. The minimum atomic E-state index is -4.80. The Bertz CT molecular complexity index is 1230. The molecular weight excluding hydrogens is 451 g/mol. The van der Waals surface area contributed by atoms with Crippen LogP contribution in [0.5, 0.6) is 0 Å². The van der Waals surface area contributed by atoms with Crippen LogP contribution in [0.4, 0.5) is 33.3 Å².